The van der Waals surface area contributed by atoms with Crippen molar-refractivity contribution in [3.63, 3.8) is 0 Å². The number of alkyl halides is 6. The Kier molecular flexibility index (Phi) is 9.80. The van der Waals surface area contributed by atoms with E-state index < -0.39 is 32.3 Å². The molecule has 0 saturated heterocycles. The molecule has 0 aromatic carbocycles. The number of hydrogen-bond donors (Lipinski definition) is 0. The van der Waals surface area contributed by atoms with Crippen molar-refractivity contribution in [3.05, 3.63) is 0 Å². The Morgan fingerprint density at radius 1 is 0.429 bits per heavy atom. The molecule has 1 saturated carbocycles. The molecule has 0 heterocycles. The Labute approximate surface area is 116 Å². The van der Waals surface area contributed by atoms with E-state index in [2.05, 4.69) is 0 Å². The van der Waals surface area contributed by atoms with Gasteiger partial charge >= 0.3 is 0 Å². The van der Waals surface area contributed by atoms with Crippen molar-refractivity contribution in [1.29, 1.82) is 0 Å². The van der Waals surface area contributed by atoms with Crippen LogP contribution in [0.3, 0.4) is 0 Å². The molecule has 0 aromatic heterocycles. The summed E-state index contributed by atoms with van der Waals surface area (Å²) in [7, 11) is 0. The van der Waals surface area contributed by atoms with Gasteiger partial charge in [0.05, 0.1) is 32.3 Å². The minimum atomic E-state index is -0.437. The molecule has 1 rings (SSSR count). The van der Waals surface area contributed by atoms with Crippen molar-refractivity contribution in [2.24, 2.45) is 0 Å². The first-order valence-electron chi connectivity index (χ1n) is 3.31. The normalized spacial score (nSPS) is 47.6. The highest BCUT2D eigenvalue weighted by Crippen LogP contribution is 2.39. The summed E-state index contributed by atoms with van der Waals surface area (Å²) in [5.74, 6) is 0. The summed E-state index contributed by atoms with van der Waals surface area (Å²) in [5.41, 5.74) is 0. The van der Waals surface area contributed by atoms with Crippen LogP contribution < -0.4 is 0 Å². The van der Waals surface area contributed by atoms with Crippen LogP contribution in [0, 0.1) is 0 Å². The first kappa shape index (κ1) is 18.5. The van der Waals surface area contributed by atoms with Gasteiger partial charge < -0.3 is 0 Å². The highest BCUT2D eigenvalue weighted by Gasteiger charge is 2.46. The minimum absolute atomic E-state index is 0. The van der Waals surface area contributed by atoms with Crippen LogP contribution in [-0.4, -0.2) is 32.3 Å². The summed E-state index contributed by atoms with van der Waals surface area (Å²) in [6.45, 7) is 0. The SMILES string of the molecule is Cl[C@H]1[C@H](Cl)[C@@H](Cl)[C@@H](Cl)[C@H](Cl)[C@H]1Cl.F.P. The maximum absolute atomic E-state index is 5.88. The van der Waals surface area contributed by atoms with Gasteiger partial charge in [-0.05, 0) is 0 Å². The van der Waals surface area contributed by atoms with Crippen molar-refractivity contribution in [3.8, 4) is 0 Å². The largest absolute Gasteiger partial charge is 0.269 e. The maximum atomic E-state index is 5.88. The predicted molar refractivity (Wildman–Crippen MR) is 71.5 cm³/mol. The molecule has 0 aromatic rings. The van der Waals surface area contributed by atoms with Gasteiger partial charge in [0.25, 0.3) is 0 Å². The molecule has 8 heteroatoms. The lowest BCUT2D eigenvalue weighted by Gasteiger charge is -2.37. The van der Waals surface area contributed by atoms with Crippen LogP contribution in [0.25, 0.3) is 0 Å². The Bertz CT molecular complexity index is 114. The van der Waals surface area contributed by atoms with Gasteiger partial charge in [0, 0.05) is 0 Å². The van der Waals surface area contributed by atoms with E-state index in [4.69, 9.17) is 69.6 Å². The van der Waals surface area contributed by atoms with Gasteiger partial charge in [-0.15, -0.1) is 69.6 Å². The maximum Gasteiger partial charge on any atom is 0.0693 e. The van der Waals surface area contributed by atoms with Crippen LogP contribution in [0.4, 0.5) is 4.70 Å². The third-order valence-electron chi connectivity index (χ3n) is 1.83. The molecular formula is C6H10Cl6FP. The van der Waals surface area contributed by atoms with E-state index in [0.29, 0.717) is 0 Å². The van der Waals surface area contributed by atoms with Crippen molar-refractivity contribution >= 4 is 79.5 Å². The number of hydrogen-bond acceptors (Lipinski definition) is 0. The molecule has 0 radical (unpaired) electrons. The third kappa shape index (κ3) is 3.55. The van der Waals surface area contributed by atoms with Gasteiger partial charge in [-0.1, -0.05) is 0 Å². The first-order valence-corrected chi connectivity index (χ1v) is 5.93. The van der Waals surface area contributed by atoms with Crippen molar-refractivity contribution in [2.45, 2.75) is 32.3 Å². The molecule has 1 fully saturated rings. The molecule has 0 amide bonds. The zero-order valence-electron chi connectivity index (χ0n) is 6.85. The van der Waals surface area contributed by atoms with Gasteiger partial charge in [0.2, 0.25) is 0 Å². The zero-order valence-corrected chi connectivity index (χ0v) is 12.8. The van der Waals surface area contributed by atoms with Gasteiger partial charge in [0.1, 0.15) is 0 Å². The first-order chi connectivity index (χ1) is 5.46. The summed E-state index contributed by atoms with van der Waals surface area (Å²) in [5, 5.41) is -2.62. The van der Waals surface area contributed by atoms with Gasteiger partial charge in [-0.3, -0.25) is 4.70 Å². The zero-order chi connectivity index (χ0) is 9.46. The molecule has 0 spiro atoms. The van der Waals surface area contributed by atoms with Crippen LogP contribution in [0.2, 0.25) is 0 Å². The van der Waals surface area contributed by atoms with E-state index in [1.807, 2.05) is 0 Å². The van der Waals surface area contributed by atoms with E-state index in [9.17, 15) is 0 Å². The lowest BCUT2D eigenvalue weighted by Crippen LogP contribution is -2.52. The Hall–Kier alpha value is 2.10. The molecular weight excluding hydrogens is 335 g/mol. The number of rotatable bonds is 0. The molecule has 0 nitrogen and oxygen atoms in total. The fourth-order valence-electron chi connectivity index (χ4n) is 1.05. The Balaban J connectivity index is 0. The Morgan fingerprint density at radius 3 is 0.571 bits per heavy atom. The standard InChI is InChI=1S/C6H6Cl6.FH.H3P/c7-1-2(8)4(10)6(12)5(11)3(1)9;;/h1-6H;1H;1H3/t1-,2-,3-,4+,5+,6+;;. The summed E-state index contributed by atoms with van der Waals surface area (Å²) in [6, 6.07) is 0. The second-order valence-corrected chi connectivity index (χ2v) is 5.69. The van der Waals surface area contributed by atoms with E-state index in [0.717, 1.165) is 0 Å². The van der Waals surface area contributed by atoms with Crippen LogP contribution in [0.5, 0.6) is 0 Å². The van der Waals surface area contributed by atoms with Crippen molar-refractivity contribution in [2.75, 3.05) is 0 Å². The molecule has 88 valence electrons. The van der Waals surface area contributed by atoms with Crippen LogP contribution in [0.1, 0.15) is 0 Å². The highest BCUT2D eigenvalue weighted by atomic mass is 35.5. The third-order valence-corrected chi connectivity index (χ3v) is 5.86. The van der Waals surface area contributed by atoms with Gasteiger partial charge in [0.15, 0.2) is 0 Å². The van der Waals surface area contributed by atoms with Gasteiger partial charge in [-0.25, -0.2) is 0 Å². The van der Waals surface area contributed by atoms with Crippen LogP contribution >= 0.6 is 79.5 Å². The minimum Gasteiger partial charge on any atom is -0.269 e. The van der Waals surface area contributed by atoms with Crippen molar-refractivity contribution in [1.82, 2.24) is 0 Å². The van der Waals surface area contributed by atoms with Crippen LogP contribution in [-0.2, 0) is 0 Å². The predicted octanol–water partition coefficient (Wildman–Crippen LogP) is 3.86. The monoisotopic (exact) mass is 342 g/mol. The fraction of sp³-hybridized carbons (Fsp3) is 1.00. The molecule has 1 atom stereocenters. The highest BCUT2D eigenvalue weighted by molar-refractivity contribution is 6.92. The quantitative estimate of drug-likeness (QED) is 0.462. The summed E-state index contributed by atoms with van der Waals surface area (Å²) in [4.78, 5) is 0. The summed E-state index contributed by atoms with van der Waals surface area (Å²) in [6.07, 6.45) is 0. The molecule has 14 heavy (non-hydrogen) atoms. The molecule has 0 bridgehead atoms. The lowest BCUT2D eigenvalue weighted by molar-refractivity contribution is 0.544. The number of halogens is 7. The van der Waals surface area contributed by atoms with E-state index in [1.54, 1.807) is 0 Å². The molecule has 0 N–H and O–H groups in total. The fourth-order valence-corrected chi connectivity index (χ4v) is 3.38. The summed E-state index contributed by atoms with van der Waals surface area (Å²) >= 11 is 35.3. The second-order valence-electron chi connectivity index (χ2n) is 2.67. The average Bonchev–Trinajstić information content (AvgIpc) is 2.08. The van der Waals surface area contributed by atoms with Crippen molar-refractivity contribution < 1.29 is 4.70 Å². The average molecular weight is 345 g/mol. The van der Waals surface area contributed by atoms with E-state index in [1.165, 1.54) is 0 Å². The van der Waals surface area contributed by atoms with Crippen LogP contribution in [0.15, 0.2) is 0 Å². The topological polar surface area (TPSA) is 0 Å². The Morgan fingerprint density at radius 2 is 0.500 bits per heavy atom. The van der Waals surface area contributed by atoms with E-state index >= 15 is 0 Å². The van der Waals surface area contributed by atoms with E-state index in [-0.39, 0.29) is 14.6 Å². The second kappa shape index (κ2) is 7.43. The molecule has 1 aliphatic carbocycles. The molecule has 0 aliphatic heterocycles. The molecule has 1 aliphatic rings. The van der Waals surface area contributed by atoms with Gasteiger partial charge in [-0.2, -0.15) is 9.90 Å². The molecule has 1 unspecified atom stereocenters. The summed E-state index contributed by atoms with van der Waals surface area (Å²) < 4.78 is 0. The lowest BCUT2D eigenvalue weighted by atomic mass is 9.97. The smallest absolute Gasteiger partial charge is 0.0693 e.